The summed E-state index contributed by atoms with van der Waals surface area (Å²) in [7, 11) is 0. The number of alkyl halides is 3. The van der Waals surface area contributed by atoms with Crippen molar-refractivity contribution >= 4 is 23.2 Å². The van der Waals surface area contributed by atoms with Crippen molar-refractivity contribution < 1.29 is 31.8 Å². The van der Waals surface area contributed by atoms with Gasteiger partial charge in [0.15, 0.2) is 0 Å². The lowest BCUT2D eigenvalue weighted by Gasteiger charge is -2.34. The van der Waals surface area contributed by atoms with Crippen LogP contribution >= 0.6 is 11.6 Å². The SMILES string of the molecule is C=C(CCNC(=O)COC1CC(OC(F)(F)F)C1)n1cnc(-c2ccc(Cl)cc2F)c1. The van der Waals surface area contributed by atoms with Gasteiger partial charge in [-0.1, -0.05) is 18.2 Å². The Kier molecular flexibility index (Phi) is 7.34. The van der Waals surface area contributed by atoms with Crippen LogP contribution in [0.2, 0.25) is 5.02 Å². The number of ether oxygens (including phenoxy) is 2. The van der Waals surface area contributed by atoms with Crippen LogP contribution in [0.15, 0.2) is 37.3 Å². The maximum atomic E-state index is 14.0. The summed E-state index contributed by atoms with van der Waals surface area (Å²) in [6.45, 7) is 3.94. The topological polar surface area (TPSA) is 65.4 Å². The van der Waals surface area contributed by atoms with Gasteiger partial charge >= 0.3 is 6.36 Å². The maximum absolute atomic E-state index is 14.0. The van der Waals surface area contributed by atoms with Crippen molar-refractivity contribution in [1.29, 1.82) is 0 Å². The van der Waals surface area contributed by atoms with Crippen molar-refractivity contribution in [2.75, 3.05) is 13.2 Å². The predicted octanol–water partition coefficient (Wildman–Crippen LogP) is 4.40. The quantitative estimate of drug-likeness (QED) is 0.562. The van der Waals surface area contributed by atoms with Crippen LogP contribution in [-0.4, -0.2) is 47.2 Å². The third-order valence-electron chi connectivity index (χ3n) is 4.69. The van der Waals surface area contributed by atoms with Crippen LogP contribution in [0.5, 0.6) is 0 Å². The minimum absolute atomic E-state index is 0.0980. The largest absolute Gasteiger partial charge is 0.522 e. The molecule has 0 bridgehead atoms. The minimum atomic E-state index is -4.66. The molecule has 3 rings (SSSR count). The molecule has 168 valence electrons. The van der Waals surface area contributed by atoms with Gasteiger partial charge in [0, 0.05) is 48.3 Å². The summed E-state index contributed by atoms with van der Waals surface area (Å²) in [6.07, 6.45) is -2.29. The van der Waals surface area contributed by atoms with Crippen molar-refractivity contribution in [3.05, 3.63) is 48.1 Å². The Labute approximate surface area is 180 Å². The van der Waals surface area contributed by atoms with Gasteiger partial charge in [-0.25, -0.2) is 9.37 Å². The molecule has 1 fully saturated rings. The molecular weight excluding hydrogens is 442 g/mol. The van der Waals surface area contributed by atoms with Gasteiger partial charge < -0.3 is 14.6 Å². The second kappa shape index (κ2) is 9.80. The zero-order chi connectivity index (χ0) is 22.6. The smallest absolute Gasteiger partial charge is 0.368 e. The zero-order valence-corrected chi connectivity index (χ0v) is 17.0. The van der Waals surface area contributed by atoms with Gasteiger partial charge in [-0.15, -0.1) is 13.2 Å². The van der Waals surface area contributed by atoms with Crippen LogP contribution in [0.3, 0.4) is 0 Å². The number of benzene rings is 1. The summed E-state index contributed by atoms with van der Waals surface area (Å²) in [5.41, 5.74) is 1.35. The molecule has 0 atom stereocenters. The fourth-order valence-electron chi connectivity index (χ4n) is 2.99. The molecule has 6 nitrogen and oxygen atoms in total. The molecule has 31 heavy (non-hydrogen) atoms. The van der Waals surface area contributed by atoms with Crippen molar-refractivity contribution in [2.24, 2.45) is 0 Å². The second-order valence-electron chi connectivity index (χ2n) is 7.05. The molecule has 1 amide bonds. The van der Waals surface area contributed by atoms with Gasteiger partial charge in [-0.05, 0) is 18.2 Å². The minimum Gasteiger partial charge on any atom is -0.368 e. The highest BCUT2D eigenvalue weighted by Crippen LogP contribution is 2.32. The molecule has 0 radical (unpaired) electrons. The van der Waals surface area contributed by atoms with Crippen molar-refractivity contribution in [1.82, 2.24) is 14.9 Å². The van der Waals surface area contributed by atoms with E-state index in [1.807, 2.05) is 0 Å². The first-order chi connectivity index (χ1) is 14.6. The van der Waals surface area contributed by atoms with Crippen LogP contribution in [0, 0.1) is 5.82 Å². The molecule has 11 heteroatoms. The molecule has 0 aliphatic heterocycles. The van der Waals surface area contributed by atoms with E-state index in [9.17, 15) is 22.4 Å². The fourth-order valence-corrected chi connectivity index (χ4v) is 3.15. The second-order valence-corrected chi connectivity index (χ2v) is 7.48. The van der Waals surface area contributed by atoms with Gasteiger partial charge in [0.25, 0.3) is 0 Å². The summed E-state index contributed by atoms with van der Waals surface area (Å²) < 4.78 is 60.9. The number of amides is 1. The van der Waals surface area contributed by atoms with Crippen molar-refractivity contribution in [2.45, 2.75) is 37.8 Å². The molecule has 0 saturated heterocycles. The third kappa shape index (κ3) is 6.78. The van der Waals surface area contributed by atoms with Crippen LogP contribution < -0.4 is 5.32 Å². The number of hydrogen-bond donors (Lipinski definition) is 1. The molecule has 0 unspecified atom stereocenters. The van der Waals surface area contributed by atoms with E-state index in [4.69, 9.17) is 16.3 Å². The number of halogens is 5. The van der Waals surface area contributed by atoms with E-state index in [1.165, 1.54) is 18.5 Å². The van der Waals surface area contributed by atoms with Crippen molar-refractivity contribution in [3.63, 3.8) is 0 Å². The zero-order valence-electron chi connectivity index (χ0n) is 16.3. The van der Waals surface area contributed by atoms with E-state index >= 15 is 0 Å². The van der Waals surface area contributed by atoms with E-state index in [0.717, 1.165) is 0 Å². The highest BCUT2D eigenvalue weighted by molar-refractivity contribution is 6.30. The molecule has 1 heterocycles. The Balaban J connectivity index is 1.36. The first-order valence-electron chi connectivity index (χ1n) is 9.41. The number of carbonyl (C=O) groups excluding carboxylic acids is 1. The first kappa shape index (κ1) is 23.2. The normalized spacial score (nSPS) is 18.5. The van der Waals surface area contributed by atoms with Crippen LogP contribution in [0.25, 0.3) is 17.0 Å². The van der Waals surface area contributed by atoms with Crippen LogP contribution in [-0.2, 0) is 14.3 Å². The van der Waals surface area contributed by atoms with E-state index in [1.54, 1.807) is 16.8 Å². The number of hydrogen-bond acceptors (Lipinski definition) is 4. The Morgan fingerprint density at radius 3 is 2.74 bits per heavy atom. The Morgan fingerprint density at radius 1 is 1.32 bits per heavy atom. The Morgan fingerprint density at radius 2 is 2.06 bits per heavy atom. The highest BCUT2D eigenvalue weighted by Gasteiger charge is 2.40. The van der Waals surface area contributed by atoms with E-state index in [0.29, 0.717) is 23.4 Å². The highest BCUT2D eigenvalue weighted by atomic mass is 35.5. The first-order valence-corrected chi connectivity index (χ1v) is 9.79. The van der Waals surface area contributed by atoms with Gasteiger partial charge in [0.1, 0.15) is 12.4 Å². The molecule has 0 spiro atoms. The number of imidazole rings is 1. The summed E-state index contributed by atoms with van der Waals surface area (Å²) in [6, 6.07) is 4.31. The Hall–Kier alpha value is -2.43. The summed E-state index contributed by atoms with van der Waals surface area (Å²) in [5.74, 6) is -0.874. The summed E-state index contributed by atoms with van der Waals surface area (Å²) >= 11 is 5.75. The van der Waals surface area contributed by atoms with Crippen LogP contribution in [0.1, 0.15) is 19.3 Å². The van der Waals surface area contributed by atoms with E-state index in [2.05, 4.69) is 21.6 Å². The monoisotopic (exact) mass is 461 g/mol. The standard InChI is InChI=1S/C20H20ClF4N3O3/c1-12(28-9-18(27-11-28)16-3-2-13(21)6-17(16)22)4-5-26-19(29)10-30-14-7-15(8-14)31-20(23,24)25/h2-3,6,9,11,14-15H,1,4-5,7-8,10H2,(H,26,29). The van der Waals surface area contributed by atoms with Gasteiger partial charge in [-0.2, -0.15) is 0 Å². The molecule has 2 aromatic rings. The third-order valence-corrected chi connectivity index (χ3v) is 4.93. The number of nitrogens with zero attached hydrogens (tertiary/aromatic N) is 2. The summed E-state index contributed by atoms with van der Waals surface area (Å²) in [4.78, 5) is 16.0. The van der Waals surface area contributed by atoms with E-state index < -0.39 is 24.4 Å². The average molecular weight is 462 g/mol. The van der Waals surface area contributed by atoms with E-state index in [-0.39, 0.29) is 36.9 Å². The van der Waals surface area contributed by atoms with Crippen LogP contribution in [0.4, 0.5) is 17.6 Å². The lowest BCUT2D eigenvalue weighted by Crippen LogP contribution is -2.42. The molecule has 1 aromatic carbocycles. The average Bonchev–Trinajstić information content (AvgIpc) is 3.12. The van der Waals surface area contributed by atoms with Crippen molar-refractivity contribution in [3.8, 4) is 11.3 Å². The van der Waals surface area contributed by atoms with Gasteiger partial charge in [0.2, 0.25) is 5.91 Å². The Bertz CT molecular complexity index is 942. The van der Waals surface area contributed by atoms with Gasteiger partial charge in [-0.3, -0.25) is 9.53 Å². The molecule has 1 aliphatic rings. The number of rotatable bonds is 9. The molecule has 1 N–H and O–H groups in total. The van der Waals surface area contributed by atoms with Gasteiger partial charge in [0.05, 0.1) is 24.2 Å². The summed E-state index contributed by atoms with van der Waals surface area (Å²) in [5, 5.41) is 2.93. The number of carbonyl (C=O) groups is 1. The molecule has 1 aliphatic carbocycles. The molecule has 1 saturated carbocycles. The lowest BCUT2D eigenvalue weighted by atomic mass is 9.92. The molecular formula is C20H20ClF4N3O3. The predicted molar refractivity (Wildman–Crippen MR) is 105 cm³/mol. The molecule has 1 aromatic heterocycles. The number of aromatic nitrogens is 2. The number of nitrogens with one attached hydrogen (secondary N) is 1. The fraction of sp³-hybridized carbons (Fsp3) is 0.400. The maximum Gasteiger partial charge on any atom is 0.522 e. The lowest BCUT2D eigenvalue weighted by molar-refractivity contribution is -0.357.